The van der Waals surface area contributed by atoms with E-state index in [2.05, 4.69) is 4.74 Å². The lowest BCUT2D eigenvalue weighted by molar-refractivity contribution is -0.149. The third-order valence-corrected chi connectivity index (χ3v) is 2.49. The van der Waals surface area contributed by atoms with Crippen molar-refractivity contribution in [3.8, 4) is 5.75 Å². The number of benzene rings is 1. The Balaban J connectivity index is 3.00. The molecule has 1 rings (SSSR count). The van der Waals surface area contributed by atoms with Gasteiger partial charge < -0.3 is 14.6 Å². The van der Waals surface area contributed by atoms with Crippen LogP contribution >= 0.6 is 11.6 Å². The lowest BCUT2D eigenvalue weighted by Gasteiger charge is -2.07. The molecular formula is C13H13ClO5. The molecule has 0 aliphatic carbocycles. The number of aliphatic hydroxyl groups is 1. The monoisotopic (exact) mass is 284 g/mol. The molecule has 1 aromatic rings. The molecule has 0 saturated carbocycles. The van der Waals surface area contributed by atoms with Crippen molar-refractivity contribution in [1.82, 2.24) is 0 Å². The molecular weight excluding hydrogens is 272 g/mol. The Kier molecular flexibility index (Phi) is 5.38. The van der Waals surface area contributed by atoms with Gasteiger partial charge in [0.25, 0.3) is 5.78 Å². The summed E-state index contributed by atoms with van der Waals surface area (Å²) in [7, 11) is 1.08. The fourth-order valence-corrected chi connectivity index (χ4v) is 1.59. The molecule has 1 N–H and O–H groups in total. The summed E-state index contributed by atoms with van der Waals surface area (Å²) in [6.07, 6.45) is 0.757. The summed E-state index contributed by atoms with van der Waals surface area (Å²) in [6, 6.07) is 4.59. The van der Waals surface area contributed by atoms with Crippen LogP contribution in [0.2, 0.25) is 5.02 Å². The SMILES string of the molecule is CCOc1ccc(/C(O)=C/C(=O)C(=O)OC)c(Cl)c1. The summed E-state index contributed by atoms with van der Waals surface area (Å²) in [4.78, 5) is 22.2. The standard InChI is InChI=1S/C13H13ClO5/c1-3-19-8-4-5-9(10(14)6-8)11(15)7-12(16)13(17)18-2/h4-7,15H,3H2,1-2H3/b11-7-. The highest BCUT2D eigenvalue weighted by Crippen LogP contribution is 2.26. The molecule has 0 atom stereocenters. The fraction of sp³-hybridized carbons (Fsp3) is 0.231. The lowest BCUT2D eigenvalue weighted by Crippen LogP contribution is -2.13. The fourth-order valence-electron chi connectivity index (χ4n) is 1.32. The zero-order valence-corrected chi connectivity index (χ0v) is 11.2. The van der Waals surface area contributed by atoms with E-state index in [0.717, 1.165) is 13.2 Å². The zero-order chi connectivity index (χ0) is 14.4. The molecule has 0 radical (unpaired) electrons. The number of rotatable bonds is 5. The van der Waals surface area contributed by atoms with Crippen molar-refractivity contribution in [2.75, 3.05) is 13.7 Å². The first kappa shape index (κ1) is 15.0. The number of halogens is 1. The molecule has 6 heteroatoms. The predicted molar refractivity (Wildman–Crippen MR) is 70.2 cm³/mol. The minimum absolute atomic E-state index is 0.206. The highest BCUT2D eigenvalue weighted by atomic mass is 35.5. The number of hydrogen-bond donors (Lipinski definition) is 1. The molecule has 0 aliphatic rings. The first-order chi connectivity index (χ1) is 8.99. The van der Waals surface area contributed by atoms with Gasteiger partial charge in [0.15, 0.2) is 0 Å². The maximum atomic E-state index is 11.3. The summed E-state index contributed by atoms with van der Waals surface area (Å²) in [5.74, 6) is -1.90. The van der Waals surface area contributed by atoms with E-state index in [0.29, 0.717) is 12.4 Å². The number of carbonyl (C=O) groups is 2. The van der Waals surface area contributed by atoms with E-state index >= 15 is 0 Å². The first-order valence-corrected chi connectivity index (χ1v) is 5.83. The van der Waals surface area contributed by atoms with Gasteiger partial charge in [-0.1, -0.05) is 11.6 Å². The number of aliphatic hydroxyl groups excluding tert-OH is 1. The predicted octanol–water partition coefficient (Wildman–Crippen LogP) is 2.38. The van der Waals surface area contributed by atoms with Crippen LogP contribution in [0.3, 0.4) is 0 Å². The van der Waals surface area contributed by atoms with Crippen molar-refractivity contribution < 1.29 is 24.2 Å². The molecule has 19 heavy (non-hydrogen) atoms. The minimum atomic E-state index is -1.06. The van der Waals surface area contributed by atoms with Gasteiger partial charge in [0.1, 0.15) is 11.5 Å². The highest BCUT2D eigenvalue weighted by molar-refractivity contribution is 6.39. The Labute approximate surface area is 115 Å². The number of hydrogen-bond acceptors (Lipinski definition) is 5. The molecule has 0 spiro atoms. The van der Waals surface area contributed by atoms with Crippen LogP contribution < -0.4 is 4.74 Å². The first-order valence-electron chi connectivity index (χ1n) is 5.45. The van der Waals surface area contributed by atoms with Crippen molar-refractivity contribution in [2.24, 2.45) is 0 Å². The van der Waals surface area contributed by atoms with Crippen molar-refractivity contribution in [2.45, 2.75) is 6.92 Å². The molecule has 0 aromatic heterocycles. The molecule has 0 saturated heterocycles. The minimum Gasteiger partial charge on any atom is -0.507 e. The molecule has 0 unspecified atom stereocenters. The van der Waals surface area contributed by atoms with E-state index in [-0.39, 0.29) is 10.6 Å². The van der Waals surface area contributed by atoms with E-state index in [1.165, 1.54) is 12.1 Å². The third kappa shape index (κ3) is 3.99. The van der Waals surface area contributed by atoms with E-state index in [9.17, 15) is 14.7 Å². The summed E-state index contributed by atoms with van der Waals surface area (Å²) in [5, 5.41) is 9.95. The summed E-state index contributed by atoms with van der Waals surface area (Å²) < 4.78 is 9.46. The molecule has 0 amide bonds. The van der Waals surface area contributed by atoms with Gasteiger partial charge >= 0.3 is 5.97 Å². The van der Waals surface area contributed by atoms with Crippen LogP contribution in [0.25, 0.3) is 5.76 Å². The van der Waals surface area contributed by atoms with Crippen LogP contribution in [0.15, 0.2) is 24.3 Å². The number of esters is 1. The molecule has 102 valence electrons. The molecule has 5 nitrogen and oxygen atoms in total. The Hall–Kier alpha value is -2.01. The Bertz CT molecular complexity index is 522. The van der Waals surface area contributed by atoms with Crippen molar-refractivity contribution >= 4 is 29.1 Å². The van der Waals surface area contributed by atoms with Gasteiger partial charge in [-0.2, -0.15) is 0 Å². The van der Waals surface area contributed by atoms with Crippen LogP contribution in [-0.2, 0) is 14.3 Å². The highest BCUT2D eigenvalue weighted by Gasteiger charge is 2.14. The maximum Gasteiger partial charge on any atom is 0.378 e. The van der Waals surface area contributed by atoms with Crippen LogP contribution in [0.5, 0.6) is 5.75 Å². The third-order valence-electron chi connectivity index (χ3n) is 2.18. The van der Waals surface area contributed by atoms with Crippen LogP contribution in [0, 0.1) is 0 Å². The topological polar surface area (TPSA) is 72.8 Å². The smallest absolute Gasteiger partial charge is 0.378 e. The summed E-state index contributed by atoms with van der Waals surface area (Å²) in [6.45, 7) is 2.31. The van der Waals surface area contributed by atoms with Gasteiger partial charge in [0, 0.05) is 11.6 Å². The quantitative estimate of drug-likeness (QED) is 0.389. The summed E-state index contributed by atoms with van der Waals surface area (Å²) in [5.41, 5.74) is 0.224. The van der Waals surface area contributed by atoms with E-state index in [1.807, 2.05) is 6.92 Å². The van der Waals surface area contributed by atoms with Crippen LogP contribution in [0.4, 0.5) is 0 Å². The second-order valence-corrected chi connectivity index (χ2v) is 3.87. The molecule has 0 bridgehead atoms. The van der Waals surface area contributed by atoms with Gasteiger partial charge in [0.05, 0.1) is 18.7 Å². The number of carbonyl (C=O) groups excluding carboxylic acids is 2. The maximum absolute atomic E-state index is 11.3. The number of methoxy groups -OCH3 is 1. The molecule has 0 heterocycles. The largest absolute Gasteiger partial charge is 0.507 e. The van der Waals surface area contributed by atoms with Gasteiger partial charge in [-0.25, -0.2) is 4.79 Å². The molecule has 0 aliphatic heterocycles. The summed E-state index contributed by atoms with van der Waals surface area (Å²) >= 11 is 5.95. The van der Waals surface area contributed by atoms with Crippen molar-refractivity contribution in [1.29, 1.82) is 0 Å². The Morgan fingerprint density at radius 3 is 2.63 bits per heavy atom. The molecule has 1 aromatic carbocycles. The number of ketones is 1. The zero-order valence-electron chi connectivity index (χ0n) is 10.5. The second-order valence-electron chi connectivity index (χ2n) is 3.46. The van der Waals surface area contributed by atoms with Gasteiger partial charge in [-0.05, 0) is 25.1 Å². The van der Waals surface area contributed by atoms with Crippen molar-refractivity contribution in [3.05, 3.63) is 34.9 Å². The Morgan fingerprint density at radius 2 is 2.11 bits per heavy atom. The Morgan fingerprint density at radius 1 is 1.42 bits per heavy atom. The van der Waals surface area contributed by atoms with E-state index < -0.39 is 17.5 Å². The molecule has 0 fully saturated rings. The van der Waals surface area contributed by atoms with E-state index in [1.54, 1.807) is 6.07 Å². The van der Waals surface area contributed by atoms with Crippen LogP contribution in [0.1, 0.15) is 12.5 Å². The second kappa shape index (κ2) is 6.80. The van der Waals surface area contributed by atoms with E-state index in [4.69, 9.17) is 16.3 Å². The van der Waals surface area contributed by atoms with Gasteiger partial charge in [0.2, 0.25) is 0 Å². The average Bonchev–Trinajstić information content (AvgIpc) is 2.38. The average molecular weight is 285 g/mol. The lowest BCUT2D eigenvalue weighted by atomic mass is 10.1. The van der Waals surface area contributed by atoms with Crippen molar-refractivity contribution in [3.63, 3.8) is 0 Å². The number of ether oxygens (including phenoxy) is 2. The normalized spacial score (nSPS) is 11.0. The van der Waals surface area contributed by atoms with Gasteiger partial charge in [-0.3, -0.25) is 4.79 Å². The van der Waals surface area contributed by atoms with Gasteiger partial charge in [-0.15, -0.1) is 0 Å². The van der Waals surface area contributed by atoms with Crippen LogP contribution in [-0.4, -0.2) is 30.6 Å².